The summed E-state index contributed by atoms with van der Waals surface area (Å²) in [5, 5.41) is 49.6. The third-order valence-corrected chi connectivity index (χ3v) is 1.64. The lowest BCUT2D eigenvalue weighted by molar-refractivity contribution is -0.170. The number of aliphatic hydroxyl groups excluding tert-OH is 1. The largest absolute Gasteiger partial charge is 0.481 e. The Hall–Kier alpha value is -2.09. The maximum Gasteiger partial charge on any atom is 0.466 e. The molecule has 0 aliphatic carbocycles. The summed E-state index contributed by atoms with van der Waals surface area (Å²) in [4.78, 5) is 61.5. The van der Waals surface area contributed by atoms with Crippen LogP contribution in [-0.2, 0) is 23.7 Å². The summed E-state index contributed by atoms with van der Waals surface area (Å²) >= 11 is 0. The molecule has 15 heteroatoms. The van der Waals surface area contributed by atoms with Gasteiger partial charge >= 0.3 is 31.7 Å². The maximum atomic E-state index is 10.3. The Kier molecular flexibility index (Phi) is 12.8. The Morgan fingerprint density at radius 1 is 0.917 bits per heavy atom. The molecule has 9 N–H and O–H groups in total. The van der Waals surface area contributed by atoms with Gasteiger partial charge < -0.3 is 45.3 Å². The molecule has 0 aromatic heterocycles. The molecular formula is C9H17O14P. The summed E-state index contributed by atoms with van der Waals surface area (Å²) in [6.07, 6.45) is -3.52. The molecule has 0 rings (SSSR count). The molecule has 0 saturated carbocycles. The zero-order chi connectivity index (χ0) is 20.3. The molecule has 14 nitrogen and oxygen atoms in total. The quantitative estimate of drug-likeness (QED) is 0.212. The summed E-state index contributed by atoms with van der Waals surface area (Å²) in [5.41, 5.74) is -2.74. The van der Waals surface area contributed by atoms with Crippen molar-refractivity contribution in [1.29, 1.82) is 0 Å². The van der Waals surface area contributed by atoms with Gasteiger partial charge in [0.25, 0.3) is 0 Å². The fourth-order valence-electron chi connectivity index (χ4n) is 0.714. The second kappa shape index (κ2) is 11.4. The molecule has 0 aromatic carbocycles. The fourth-order valence-corrected chi connectivity index (χ4v) is 0.714. The highest BCUT2D eigenvalue weighted by Crippen LogP contribution is 2.25. The number of aliphatic carboxylic acids is 4. The van der Waals surface area contributed by atoms with Crippen LogP contribution < -0.4 is 0 Å². The smallest absolute Gasteiger partial charge is 0.466 e. The summed E-state index contributed by atoms with van der Waals surface area (Å²) in [6.45, 7) is 1.20. The van der Waals surface area contributed by atoms with Crippen LogP contribution in [0.4, 0.5) is 0 Å². The first kappa shape index (κ1) is 26.8. The van der Waals surface area contributed by atoms with Gasteiger partial charge in [-0.2, -0.15) is 0 Å². The lowest BCUT2D eigenvalue weighted by Crippen LogP contribution is -2.42. The number of aliphatic hydroxyl groups is 2. The minimum atomic E-state index is -4.64. The number of carboxylic acid groups (broad SMARTS) is 4. The molecule has 0 fully saturated rings. The van der Waals surface area contributed by atoms with E-state index in [2.05, 4.69) is 0 Å². The van der Waals surface area contributed by atoms with E-state index in [1.807, 2.05) is 0 Å². The van der Waals surface area contributed by atoms with E-state index in [1.54, 1.807) is 0 Å². The Bertz CT molecular complexity index is 466. The third-order valence-electron chi connectivity index (χ3n) is 1.64. The van der Waals surface area contributed by atoms with Crippen molar-refractivity contribution in [3.05, 3.63) is 0 Å². The number of phosphoric acid groups is 1. The highest BCUT2D eigenvalue weighted by atomic mass is 31.2. The van der Waals surface area contributed by atoms with E-state index < -0.39 is 56.2 Å². The molecule has 1 unspecified atom stereocenters. The first-order valence-electron chi connectivity index (χ1n) is 5.51. The van der Waals surface area contributed by atoms with Crippen LogP contribution in [0.3, 0.4) is 0 Å². The predicted molar refractivity (Wildman–Crippen MR) is 70.7 cm³/mol. The standard InChI is InChI=1S/C6H8O7.C3H6O3.H3O4P/c7-3(8)1-6(13,5(11)12)2-4(9)10;1-2(4)3(5)6;1-5(2,3)4/h13H,1-2H2,(H,7,8)(H,9,10)(H,11,12);2,4H,1H3,(H,5,6);(H3,1,2,3,4). The zero-order valence-corrected chi connectivity index (χ0v) is 12.9. The predicted octanol–water partition coefficient (Wildman–Crippen LogP) is -2.73. The van der Waals surface area contributed by atoms with Crippen LogP contribution in [0.1, 0.15) is 19.8 Å². The van der Waals surface area contributed by atoms with Crippen LogP contribution in [0.2, 0.25) is 0 Å². The van der Waals surface area contributed by atoms with E-state index in [1.165, 1.54) is 6.92 Å². The Morgan fingerprint density at radius 2 is 1.12 bits per heavy atom. The minimum absolute atomic E-state index is 1.14. The molecule has 0 saturated heterocycles. The van der Waals surface area contributed by atoms with Gasteiger partial charge in [-0.25, -0.2) is 14.2 Å². The molecule has 1 atom stereocenters. The van der Waals surface area contributed by atoms with Crippen LogP contribution >= 0.6 is 7.82 Å². The van der Waals surface area contributed by atoms with E-state index in [-0.39, 0.29) is 0 Å². The normalized spacial score (nSPS) is 11.8. The van der Waals surface area contributed by atoms with Gasteiger partial charge in [0.15, 0.2) is 5.60 Å². The molecule has 0 radical (unpaired) electrons. The van der Waals surface area contributed by atoms with Crippen LogP contribution in [0, 0.1) is 0 Å². The van der Waals surface area contributed by atoms with Crippen molar-refractivity contribution in [2.75, 3.05) is 0 Å². The van der Waals surface area contributed by atoms with Gasteiger partial charge in [-0.15, -0.1) is 0 Å². The van der Waals surface area contributed by atoms with Crippen molar-refractivity contribution >= 4 is 31.7 Å². The average molecular weight is 380 g/mol. The van der Waals surface area contributed by atoms with Gasteiger partial charge in [0.2, 0.25) is 0 Å². The summed E-state index contributed by atoms with van der Waals surface area (Å²) in [6, 6.07) is 0. The van der Waals surface area contributed by atoms with Crippen LogP contribution in [0.15, 0.2) is 0 Å². The topological polar surface area (TPSA) is 267 Å². The van der Waals surface area contributed by atoms with Gasteiger partial charge in [-0.1, -0.05) is 0 Å². The van der Waals surface area contributed by atoms with E-state index in [0.29, 0.717) is 0 Å². The number of hydrogen-bond donors (Lipinski definition) is 9. The first-order valence-corrected chi connectivity index (χ1v) is 7.07. The van der Waals surface area contributed by atoms with Crippen LogP contribution in [0.25, 0.3) is 0 Å². The molecule has 0 bridgehead atoms. The maximum absolute atomic E-state index is 10.3. The van der Waals surface area contributed by atoms with Crippen molar-refractivity contribution in [3.8, 4) is 0 Å². The summed E-state index contributed by atoms with van der Waals surface area (Å²) in [5.74, 6) is -6.20. The van der Waals surface area contributed by atoms with Crippen molar-refractivity contribution in [2.45, 2.75) is 31.5 Å². The van der Waals surface area contributed by atoms with Crippen LogP contribution in [0.5, 0.6) is 0 Å². The monoisotopic (exact) mass is 380 g/mol. The van der Waals surface area contributed by atoms with Crippen LogP contribution in [-0.4, -0.2) is 80.9 Å². The first-order chi connectivity index (χ1) is 10.4. The number of carboxylic acids is 4. The molecule has 0 spiro atoms. The summed E-state index contributed by atoms with van der Waals surface area (Å²) in [7, 11) is -4.64. The molecule has 0 aliphatic heterocycles. The minimum Gasteiger partial charge on any atom is -0.481 e. The lowest BCUT2D eigenvalue weighted by Gasteiger charge is -2.18. The van der Waals surface area contributed by atoms with Crippen molar-refractivity contribution in [2.24, 2.45) is 0 Å². The zero-order valence-electron chi connectivity index (χ0n) is 12.0. The molecule has 0 heterocycles. The Balaban J connectivity index is -0.000000332. The molecule has 0 aliphatic rings. The van der Waals surface area contributed by atoms with E-state index >= 15 is 0 Å². The number of carbonyl (C=O) groups is 4. The van der Waals surface area contributed by atoms with Crippen molar-refractivity contribution in [3.63, 3.8) is 0 Å². The van der Waals surface area contributed by atoms with E-state index in [4.69, 9.17) is 49.9 Å². The van der Waals surface area contributed by atoms with Gasteiger partial charge in [0.05, 0.1) is 12.8 Å². The number of rotatable bonds is 6. The lowest BCUT2D eigenvalue weighted by atomic mass is 9.96. The Labute approximate surface area is 133 Å². The van der Waals surface area contributed by atoms with Gasteiger partial charge in [-0.05, 0) is 6.92 Å². The fraction of sp³-hybridized carbons (Fsp3) is 0.556. The summed E-state index contributed by atoms with van der Waals surface area (Å²) < 4.78 is 8.88. The molecule has 0 aromatic rings. The average Bonchev–Trinajstić information content (AvgIpc) is 2.24. The van der Waals surface area contributed by atoms with E-state index in [9.17, 15) is 19.2 Å². The SMILES string of the molecule is CC(O)C(=O)O.O=C(O)CC(O)(CC(=O)O)C(=O)O.O=P(O)(O)O. The van der Waals surface area contributed by atoms with Gasteiger partial charge in [-0.3, -0.25) is 9.59 Å². The molecule has 24 heavy (non-hydrogen) atoms. The molecular weight excluding hydrogens is 363 g/mol. The van der Waals surface area contributed by atoms with Gasteiger partial charge in [0.1, 0.15) is 6.10 Å². The second-order valence-electron chi connectivity index (χ2n) is 4.01. The third kappa shape index (κ3) is 22.2. The molecule has 142 valence electrons. The highest BCUT2D eigenvalue weighted by Gasteiger charge is 2.40. The second-order valence-corrected chi connectivity index (χ2v) is 5.03. The van der Waals surface area contributed by atoms with E-state index in [0.717, 1.165) is 0 Å². The highest BCUT2D eigenvalue weighted by molar-refractivity contribution is 7.45. The van der Waals surface area contributed by atoms with Crippen molar-refractivity contribution < 1.29 is 69.1 Å². The molecule has 0 amide bonds. The van der Waals surface area contributed by atoms with Gasteiger partial charge in [0, 0.05) is 0 Å². The Morgan fingerprint density at radius 3 is 1.21 bits per heavy atom. The van der Waals surface area contributed by atoms with Crippen molar-refractivity contribution in [1.82, 2.24) is 0 Å². The number of hydrogen-bond acceptors (Lipinski definition) is 7.